The Balaban J connectivity index is 1.32. The summed E-state index contributed by atoms with van der Waals surface area (Å²) in [4.78, 5) is 12.5. The summed E-state index contributed by atoms with van der Waals surface area (Å²) in [7, 11) is 0. The zero-order valence-electron chi connectivity index (χ0n) is 15.9. The zero-order chi connectivity index (χ0) is 18.6. The maximum atomic E-state index is 12.5. The predicted molar refractivity (Wildman–Crippen MR) is 107 cm³/mol. The van der Waals surface area contributed by atoms with Gasteiger partial charge in [0.05, 0.1) is 0 Å². The van der Waals surface area contributed by atoms with E-state index in [1.54, 1.807) is 0 Å². The summed E-state index contributed by atoms with van der Waals surface area (Å²) >= 11 is 0. The van der Waals surface area contributed by atoms with Crippen molar-refractivity contribution in [2.75, 3.05) is 13.2 Å². The number of ether oxygens (including phenoxy) is 2. The lowest BCUT2D eigenvalue weighted by atomic mass is 9.85. The van der Waals surface area contributed by atoms with E-state index in [-0.39, 0.29) is 5.78 Å². The topological polar surface area (TPSA) is 35.5 Å². The molecule has 1 heterocycles. The van der Waals surface area contributed by atoms with Gasteiger partial charge in [-0.3, -0.25) is 4.79 Å². The molecule has 0 aromatic heterocycles. The smallest absolute Gasteiger partial charge is 0.161 e. The van der Waals surface area contributed by atoms with Gasteiger partial charge in [0.2, 0.25) is 0 Å². The standard InChI is InChI=1S/C24H26O3/c1-2-21-19(9-11-22(21)18-5-3-4-6-18)8-10-20(25)15-17-7-12-23-24(16-17)27-14-13-26-23/h3-5,7,9,11-12,16,21H,2,6,8,10,13-15H2,1H3. The highest BCUT2D eigenvalue weighted by Gasteiger charge is 2.24. The number of carbonyl (C=O) groups excluding carboxylic acids is 1. The van der Waals surface area contributed by atoms with Crippen LogP contribution >= 0.6 is 0 Å². The van der Waals surface area contributed by atoms with Crippen LogP contribution in [0, 0.1) is 5.92 Å². The molecule has 0 saturated carbocycles. The number of carbonyl (C=O) groups is 1. The molecule has 1 atom stereocenters. The Kier molecular flexibility index (Phi) is 5.28. The fourth-order valence-corrected chi connectivity index (χ4v) is 4.16. The molecule has 1 aliphatic heterocycles. The van der Waals surface area contributed by atoms with E-state index in [0.717, 1.165) is 36.3 Å². The molecule has 1 unspecified atom stereocenters. The number of Topliss-reactive ketones (excluding diaryl/α,β-unsaturated/α-hetero) is 1. The minimum atomic E-state index is 0.276. The first-order valence-corrected chi connectivity index (χ1v) is 9.91. The molecule has 0 saturated heterocycles. The Bertz CT molecular complexity index is 854. The summed E-state index contributed by atoms with van der Waals surface area (Å²) in [6.07, 6.45) is 15.1. The Morgan fingerprint density at radius 1 is 1.11 bits per heavy atom. The molecule has 2 aliphatic carbocycles. The fraction of sp³-hybridized carbons (Fsp3) is 0.375. The first kappa shape index (κ1) is 17.8. The second-order valence-electron chi connectivity index (χ2n) is 7.34. The van der Waals surface area contributed by atoms with E-state index in [9.17, 15) is 4.79 Å². The summed E-state index contributed by atoms with van der Waals surface area (Å²) < 4.78 is 11.2. The number of rotatable bonds is 7. The number of fused-ring (bicyclic) bond motifs is 1. The van der Waals surface area contributed by atoms with Crippen LogP contribution < -0.4 is 9.47 Å². The molecule has 0 spiro atoms. The summed E-state index contributed by atoms with van der Waals surface area (Å²) in [5.74, 6) is 2.27. The highest BCUT2D eigenvalue weighted by atomic mass is 16.6. The van der Waals surface area contributed by atoms with E-state index in [1.165, 1.54) is 16.7 Å². The number of allylic oxidation sites excluding steroid dienone is 8. The van der Waals surface area contributed by atoms with Crippen LogP contribution in [0.25, 0.3) is 0 Å². The van der Waals surface area contributed by atoms with Gasteiger partial charge in [0, 0.05) is 18.8 Å². The van der Waals surface area contributed by atoms with Crippen molar-refractivity contribution in [2.45, 2.75) is 39.0 Å². The van der Waals surface area contributed by atoms with E-state index >= 15 is 0 Å². The highest BCUT2D eigenvalue weighted by Crippen LogP contribution is 2.39. The van der Waals surface area contributed by atoms with Gasteiger partial charge in [-0.1, -0.05) is 48.9 Å². The molecule has 3 aliphatic rings. The Morgan fingerprint density at radius 2 is 1.96 bits per heavy atom. The van der Waals surface area contributed by atoms with Gasteiger partial charge in [-0.15, -0.1) is 0 Å². The van der Waals surface area contributed by atoms with Gasteiger partial charge in [0.25, 0.3) is 0 Å². The largest absolute Gasteiger partial charge is 0.486 e. The average Bonchev–Trinajstić information content (AvgIpc) is 3.35. The van der Waals surface area contributed by atoms with Crippen LogP contribution in [0.5, 0.6) is 11.5 Å². The van der Waals surface area contributed by atoms with Crippen molar-refractivity contribution in [1.29, 1.82) is 0 Å². The van der Waals surface area contributed by atoms with Crippen LogP contribution in [-0.4, -0.2) is 19.0 Å². The second kappa shape index (κ2) is 7.99. The van der Waals surface area contributed by atoms with Gasteiger partial charge in [0.1, 0.15) is 19.0 Å². The summed E-state index contributed by atoms with van der Waals surface area (Å²) in [5.41, 5.74) is 5.26. The molecule has 0 radical (unpaired) electrons. The number of ketones is 1. The molecule has 27 heavy (non-hydrogen) atoms. The molecule has 3 heteroatoms. The van der Waals surface area contributed by atoms with Crippen molar-refractivity contribution in [3.63, 3.8) is 0 Å². The van der Waals surface area contributed by atoms with E-state index in [2.05, 4.69) is 37.3 Å². The second-order valence-corrected chi connectivity index (χ2v) is 7.34. The first-order valence-electron chi connectivity index (χ1n) is 9.91. The third-order valence-corrected chi connectivity index (χ3v) is 5.55. The molecule has 4 rings (SSSR count). The van der Waals surface area contributed by atoms with Crippen LogP contribution in [0.15, 0.2) is 65.3 Å². The van der Waals surface area contributed by atoms with Gasteiger partial charge in [-0.25, -0.2) is 0 Å². The molecular formula is C24H26O3. The lowest BCUT2D eigenvalue weighted by molar-refractivity contribution is -0.118. The SMILES string of the molecule is CCC1C(CCC(=O)Cc2ccc3c(c2)OCCO3)=CC=C1C1=CC=CC1. The monoisotopic (exact) mass is 362 g/mol. The van der Waals surface area contributed by atoms with E-state index < -0.39 is 0 Å². The van der Waals surface area contributed by atoms with Crippen LogP contribution in [0.3, 0.4) is 0 Å². The molecule has 0 amide bonds. The molecule has 1 aromatic carbocycles. The van der Waals surface area contributed by atoms with Crippen LogP contribution in [0.1, 0.15) is 38.2 Å². The van der Waals surface area contributed by atoms with Crippen molar-refractivity contribution in [3.8, 4) is 11.5 Å². The fourth-order valence-electron chi connectivity index (χ4n) is 4.16. The van der Waals surface area contributed by atoms with E-state index in [0.29, 0.717) is 32.0 Å². The van der Waals surface area contributed by atoms with E-state index in [4.69, 9.17) is 9.47 Å². The van der Waals surface area contributed by atoms with Crippen LogP contribution in [0.2, 0.25) is 0 Å². The molecule has 0 bridgehead atoms. The average molecular weight is 362 g/mol. The first-order chi connectivity index (χ1) is 13.2. The summed E-state index contributed by atoms with van der Waals surface area (Å²) in [6, 6.07) is 5.81. The molecule has 0 fully saturated rings. The zero-order valence-corrected chi connectivity index (χ0v) is 15.9. The molecule has 140 valence electrons. The Labute approximate surface area is 161 Å². The van der Waals surface area contributed by atoms with Crippen molar-refractivity contribution in [2.24, 2.45) is 5.92 Å². The van der Waals surface area contributed by atoms with Crippen molar-refractivity contribution in [1.82, 2.24) is 0 Å². The number of hydrogen-bond acceptors (Lipinski definition) is 3. The number of hydrogen-bond donors (Lipinski definition) is 0. The third kappa shape index (κ3) is 3.92. The van der Waals surface area contributed by atoms with Crippen molar-refractivity contribution in [3.05, 3.63) is 70.9 Å². The van der Waals surface area contributed by atoms with Gasteiger partial charge in [-0.2, -0.15) is 0 Å². The Morgan fingerprint density at radius 3 is 2.74 bits per heavy atom. The number of benzene rings is 1. The van der Waals surface area contributed by atoms with Gasteiger partial charge in [-0.05, 0) is 48.1 Å². The minimum absolute atomic E-state index is 0.276. The van der Waals surface area contributed by atoms with Gasteiger partial charge in [0.15, 0.2) is 11.5 Å². The van der Waals surface area contributed by atoms with E-state index in [1.807, 2.05) is 18.2 Å². The maximum Gasteiger partial charge on any atom is 0.161 e. The lowest BCUT2D eigenvalue weighted by Gasteiger charge is -2.19. The predicted octanol–water partition coefficient (Wildman–Crippen LogP) is 5.13. The molecule has 1 aromatic rings. The minimum Gasteiger partial charge on any atom is -0.486 e. The highest BCUT2D eigenvalue weighted by molar-refractivity contribution is 5.81. The van der Waals surface area contributed by atoms with Crippen molar-refractivity contribution >= 4 is 5.78 Å². The summed E-state index contributed by atoms with van der Waals surface area (Å²) in [6.45, 7) is 3.39. The summed E-state index contributed by atoms with van der Waals surface area (Å²) in [5, 5.41) is 0. The Hall–Kier alpha value is -2.55. The normalized spacial score (nSPS) is 20.3. The molecule has 3 nitrogen and oxygen atoms in total. The molecular weight excluding hydrogens is 336 g/mol. The van der Waals surface area contributed by atoms with Crippen molar-refractivity contribution < 1.29 is 14.3 Å². The lowest BCUT2D eigenvalue weighted by Crippen LogP contribution is -2.15. The quantitative estimate of drug-likeness (QED) is 0.675. The van der Waals surface area contributed by atoms with Gasteiger partial charge < -0.3 is 9.47 Å². The maximum absolute atomic E-state index is 12.5. The van der Waals surface area contributed by atoms with Crippen LogP contribution in [-0.2, 0) is 11.2 Å². The molecule has 0 N–H and O–H groups in total. The third-order valence-electron chi connectivity index (χ3n) is 5.55. The van der Waals surface area contributed by atoms with Gasteiger partial charge >= 0.3 is 0 Å². The van der Waals surface area contributed by atoms with Crippen LogP contribution in [0.4, 0.5) is 0 Å².